The number of aromatic nitrogens is 2. The predicted octanol–water partition coefficient (Wildman–Crippen LogP) is 7.14. The van der Waals surface area contributed by atoms with E-state index in [-0.39, 0.29) is 11.5 Å². The van der Waals surface area contributed by atoms with Crippen LogP contribution < -0.4 is 15.0 Å². The molecule has 1 aromatic heterocycles. The monoisotopic (exact) mass is 659 g/mol. The average Bonchev–Trinajstić information content (AvgIpc) is 2.88. The van der Waals surface area contributed by atoms with Crippen molar-refractivity contribution in [3.63, 3.8) is 0 Å². The van der Waals surface area contributed by atoms with Gasteiger partial charge in [-0.05, 0) is 77.4 Å². The summed E-state index contributed by atoms with van der Waals surface area (Å²) in [6, 6.07) is 19.4. The summed E-state index contributed by atoms with van der Waals surface area (Å²) >= 11 is 5.69. The molecular formula is C28H27BrIN3O3. The lowest BCUT2D eigenvalue weighted by atomic mass is 10.1. The van der Waals surface area contributed by atoms with Gasteiger partial charge in [-0.15, -0.1) is 0 Å². The molecule has 0 aliphatic heterocycles. The molecule has 8 heteroatoms. The molecule has 0 amide bonds. The Hall–Kier alpha value is -2.72. The van der Waals surface area contributed by atoms with Crippen LogP contribution in [-0.4, -0.2) is 22.5 Å². The summed E-state index contributed by atoms with van der Waals surface area (Å²) in [5.41, 5.74) is 2.34. The second-order valence-corrected chi connectivity index (χ2v) is 10.4. The number of ether oxygens (including phenoxy) is 2. The van der Waals surface area contributed by atoms with Crippen molar-refractivity contribution in [3.05, 3.63) is 96.0 Å². The Morgan fingerprint density at radius 2 is 1.89 bits per heavy atom. The molecule has 0 saturated carbocycles. The van der Waals surface area contributed by atoms with Gasteiger partial charge in [0.2, 0.25) is 0 Å². The lowest BCUT2D eigenvalue weighted by Crippen LogP contribution is -2.23. The molecule has 0 bridgehead atoms. The Morgan fingerprint density at radius 1 is 1.11 bits per heavy atom. The molecule has 0 aliphatic carbocycles. The highest BCUT2D eigenvalue weighted by Crippen LogP contribution is 2.34. The van der Waals surface area contributed by atoms with Crippen LogP contribution in [0.25, 0.3) is 10.9 Å². The van der Waals surface area contributed by atoms with E-state index >= 15 is 0 Å². The van der Waals surface area contributed by atoms with Crippen LogP contribution in [0.2, 0.25) is 0 Å². The minimum Gasteiger partial charge on any atom is -0.490 e. The quantitative estimate of drug-likeness (QED) is 0.142. The first kappa shape index (κ1) is 26.3. The molecular weight excluding hydrogens is 633 g/mol. The Bertz CT molecular complexity index is 1450. The maximum atomic E-state index is 13.4. The third-order valence-corrected chi connectivity index (χ3v) is 7.06. The summed E-state index contributed by atoms with van der Waals surface area (Å²) in [4.78, 5) is 18.2. The predicted molar refractivity (Wildman–Crippen MR) is 157 cm³/mol. The molecule has 6 nitrogen and oxygen atoms in total. The number of halogens is 2. The summed E-state index contributed by atoms with van der Waals surface area (Å²) in [5, 5.41) is 5.11. The molecule has 0 aliphatic rings. The van der Waals surface area contributed by atoms with Crippen molar-refractivity contribution in [2.24, 2.45) is 5.10 Å². The minimum atomic E-state index is -0.199. The van der Waals surface area contributed by atoms with Gasteiger partial charge >= 0.3 is 0 Å². The fourth-order valence-corrected chi connectivity index (χ4v) is 4.84. The van der Waals surface area contributed by atoms with Crippen LogP contribution in [0.1, 0.15) is 50.1 Å². The number of rotatable bonds is 9. The van der Waals surface area contributed by atoms with Gasteiger partial charge in [0.25, 0.3) is 5.56 Å². The topological polar surface area (TPSA) is 65.7 Å². The van der Waals surface area contributed by atoms with Crippen LogP contribution in [0.4, 0.5) is 0 Å². The second-order valence-electron chi connectivity index (χ2n) is 8.34. The van der Waals surface area contributed by atoms with Crippen molar-refractivity contribution in [1.29, 1.82) is 0 Å². The molecule has 0 N–H and O–H groups in total. The van der Waals surface area contributed by atoms with Gasteiger partial charge in [-0.2, -0.15) is 9.78 Å². The van der Waals surface area contributed by atoms with Crippen molar-refractivity contribution in [2.45, 2.75) is 39.7 Å². The molecule has 0 spiro atoms. The highest BCUT2D eigenvalue weighted by atomic mass is 127. The molecule has 4 aromatic rings. The van der Waals surface area contributed by atoms with Crippen LogP contribution in [0.3, 0.4) is 0 Å². The fraction of sp³-hybridized carbons (Fsp3) is 0.250. The number of hydrogen-bond donors (Lipinski definition) is 0. The van der Waals surface area contributed by atoms with Crippen LogP contribution >= 0.6 is 38.5 Å². The summed E-state index contributed by atoms with van der Waals surface area (Å²) in [6.07, 6.45) is 2.51. The highest BCUT2D eigenvalue weighted by molar-refractivity contribution is 14.1. The van der Waals surface area contributed by atoms with Gasteiger partial charge in [0, 0.05) is 10.4 Å². The molecule has 0 fully saturated rings. The molecule has 3 aromatic carbocycles. The van der Waals surface area contributed by atoms with Gasteiger partial charge in [-0.3, -0.25) is 4.79 Å². The number of benzene rings is 3. The molecule has 1 heterocycles. The van der Waals surface area contributed by atoms with Crippen LogP contribution in [-0.2, 0) is 6.61 Å². The van der Waals surface area contributed by atoms with Crippen LogP contribution in [0, 0.1) is 3.57 Å². The third kappa shape index (κ3) is 5.98. The molecule has 0 unspecified atom stereocenters. The normalized spacial score (nSPS) is 12.2. The van der Waals surface area contributed by atoms with Gasteiger partial charge in [-0.25, -0.2) is 4.98 Å². The second kappa shape index (κ2) is 12.0. The number of nitrogens with zero attached hydrogens (tertiary/aromatic N) is 3. The summed E-state index contributed by atoms with van der Waals surface area (Å²) in [5.74, 6) is 2.02. The average molecular weight is 660 g/mol. The molecule has 36 heavy (non-hydrogen) atoms. The van der Waals surface area contributed by atoms with Crippen LogP contribution in [0.15, 0.2) is 75.0 Å². The molecule has 0 saturated heterocycles. The maximum absolute atomic E-state index is 13.4. The zero-order valence-electron chi connectivity index (χ0n) is 20.4. The lowest BCUT2D eigenvalue weighted by Gasteiger charge is -2.15. The van der Waals surface area contributed by atoms with E-state index in [0.717, 1.165) is 25.6 Å². The first-order valence-corrected chi connectivity index (χ1v) is 13.7. The SMILES string of the molecule is CCOc1cc(C=Nn2c([C@@H](C)CC)nc3ccc(Br)cc3c2=O)cc(I)c1OCc1ccccc1. The molecule has 1 atom stereocenters. The number of hydrogen-bond acceptors (Lipinski definition) is 5. The largest absolute Gasteiger partial charge is 0.490 e. The fourth-order valence-electron chi connectivity index (χ4n) is 3.70. The minimum absolute atomic E-state index is 0.0655. The van der Waals surface area contributed by atoms with E-state index in [0.29, 0.717) is 41.4 Å². The van der Waals surface area contributed by atoms with E-state index in [9.17, 15) is 4.79 Å². The van der Waals surface area contributed by atoms with Crippen molar-refractivity contribution < 1.29 is 9.47 Å². The van der Waals surface area contributed by atoms with E-state index in [1.165, 1.54) is 4.68 Å². The first-order chi connectivity index (χ1) is 17.4. The van der Waals surface area contributed by atoms with Gasteiger partial charge in [0.15, 0.2) is 11.5 Å². The van der Waals surface area contributed by atoms with Crippen molar-refractivity contribution in [2.75, 3.05) is 6.61 Å². The van der Waals surface area contributed by atoms with Gasteiger partial charge in [0.05, 0.1) is 27.3 Å². The van der Waals surface area contributed by atoms with E-state index < -0.39 is 0 Å². The van der Waals surface area contributed by atoms with Crippen LogP contribution in [0.5, 0.6) is 11.5 Å². The summed E-state index contributed by atoms with van der Waals surface area (Å²) < 4.78 is 15.1. The Morgan fingerprint density at radius 3 is 2.61 bits per heavy atom. The Kier molecular flexibility index (Phi) is 8.79. The van der Waals surface area contributed by atoms with Gasteiger partial charge < -0.3 is 9.47 Å². The standard InChI is InChI=1S/C28H27BrIN3O3/c1-4-18(3)27-32-24-12-11-21(29)15-22(24)28(34)33(27)31-16-20-13-23(30)26(25(14-20)35-5-2)36-17-19-9-7-6-8-10-19/h6-16,18H,4-5,17H2,1-3H3/t18-/m0/s1. The van der Waals surface area contributed by atoms with Crippen molar-refractivity contribution in [3.8, 4) is 11.5 Å². The molecule has 186 valence electrons. The smallest absolute Gasteiger partial charge is 0.282 e. The van der Waals surface area contributed by atoms with E-state index in [4.69, 9.17) is 14.5 Å². The van der Waals surface area contributed by atoms with Crippen molar-refractivity contribution >= 4 is 55.6 Å². The zero-order valence-corrected chi connectivity index (χ0v) is 24.1. The first-order valence-electron chi connectivity index (χ1n) is 11.8. The molecule has 0 radical (unpaired) electrons. The summed E-state index contributed by atoms with van der Waals surface area (Å²) in [7, 11) is 0. The number of fused-ring (bicyclic) bond motifs is 1. The lowest BCUT2D eigenvalue weighted by molar-refractivity contribution is 0.267. The maximum Gasteiger partial charge on any atom is 0.282 e. The Labute approximate surface area is 232 Å². The van der Waals surface area contributed by atoms with Gasteiger partial charge in [0.1, 0.15) is 12.4 Å². The van der Waals surface area contributed by atoms with Gasteiger partial charge in [-0.1, -0.05) is 60.1 Å². The van der Waals surface area contributed by atoms with Crippen molar-refractivity contribution in [1.82, 2.24) is 9.66 Å². The highest BCUT2D eigenvalue weighted by Gasteiger charge is 2.16. The Balaban J connectivity index is 1.72. The van der Waals surface area contributed by atoms with E-state index in [2.05, 4.69) is 50.5 Å². The van der Waals surface area contributed by atoms with E-state index in [1.807, 2.05) is 68.4 Å². The zero-order chi connectivity index (χ0) is 25.7. The third-order valence-electron chi connectivity index (χ3n) is 5.77. The summed E-state index contributed by atoms with van der Waals surface area (Å²) in [6.45, 7) is 7.00. The molecule has 4 rings (SSSR count). The van der Waals surface area contributed by atoms with E-state index in [1.54, 1.807) is 12.3 Å².